The Morgan fingerprint density at radius 1 is 1.50 bits per heavy atom. The summed E-state index contributed by atoms with van der Waals surface area (Å²) in [6, 6.07) is 6.63. The van der Waals surface area contributed by atoms with Gasteiger partial charge in [0, 0.05) is 42.1 Å². The molecule has 1 atom stereocenters. The lowest BCUT2D eigenvalue weighted by molar-refractivity contribution is 0.201. The molecule has 104 valence electrons. The van der Waals surface area contributed by atoms with Gasteiger partial charge in [-0.3, -0.25) is 4.90 Å². The quantitative estimate of drug-likeness (QED) is 0.866. The number of nitrogens with zero attached hydrogens (tertiary/aromatic N) is 1. The zero-order valence-electron chi connectivity index (χ0n) is 12.1. The van der Waals surface area contributed by atoms with E-state index in [1.165, 1.54) is 22.2 Å². The van der Waals surface area contributed by atoms with Gasteiger partial charge in [-0.05, 0) is 37.1 Å². The van der Waals surface area contributed by atoms with Crippen LogP contribution in [0.4, 0.5) is 0 Å². The Bertz CT molecular complexity index is 665. The van der Waals surface area contributed by atoms with Crippen LogP contribution in [0.1, 0.15) is 30.6 Å². The van der Waals surface area contributed by atoms with Gasteiger partial charge < -0.3 is 9.72 Å². The summed E-state index contributed by atoms with van der Waals surface area (Å²) in [7, 11) is 1.71. The van der Waals surface area contributed by atoms with Gasteiger partial charge in [-0.2, -0.15) is 0 Å². The van der Waals surface area contributed by atoms with Crippen molar-refractivity contribution in [3.63, 3.8) is 0 Å². The molecule has 1 unspecified atom stereocenters. The van der Waals surface area contributed by atoms with Crippen LogP contribution in [0.5, 0.6) is 5.75 Å². The number of terminal acetylenes is 1. The molecule has 0 saturated heterocycles. The molecule has 3 heteroatoms. The first kappa shape index (κ1) is 13.1. The van der Waals surface area contributed by atoms with Crippen molar-refractivity contribution < 1.29 is 4.74 Å². The van der Waals surface area contributed by atoms with Crippen LogP contribution in [-0.4, -0.2) is 30.1 Å². The van der Waals surface area contributed by atoms with Crippen molar-refractivity contribution in [1.29, 1.82) is 0 Å². The molecule has 0 fully saturated rings. The number of nitrogens with one attached hydrogen (secondary N) is 1. The fourth-order valence-corrected chi connectivity index (χ4v) is 3.15. The number of aromatic nitrogens is 1. The van der Waals surface area contributed by atoms with Crippen molar-refractivity contribution in [3.05, 3.63) is 29.5 Å². The van der Waals surface area contributed by atoms with Gasteiger partial charge in [0.1, 0.15) is 5.75 Å². The van der Waals surface area contributed by atoms with Crippen molar-refractivity contribution in [2.75, 3.05) is 20.2 Å². The number of methoxy groups -OCH3 is 1. The van der Waals surface area contributed by atoms with Gasteiger partial charge in [-0.15, -0.1) is 12.3 Å². The van der Waals surface area contributed by atoms with E-state index < -0.39 is 0 Å². The highest BCUT2D eigenvalue weighted by molar-refractivity contribution is 5.86. The van der Waals surface area contributed by atoms with Crippen LogP contribution >= 0.6 is 0 Å². The number of benzene rings is 1. The van der Waals surface area contributed by atoms with Gasteiger partial charge in [-0.25, -0.2) is 0 Å². The lowest BCUT2D eigenvalue weighted by Crippen LogP contribution is -2.34. The SMILES string of the molecule is C#CCCN1CCc2c([nH]c3ccc(OC)cc23)C1C. The number of rotatable bonds is 3. The molecule has 1 aromatic carbocycles. The predicted octanol–water partition coefficient (Wildman–Crippen LogP) is 3.12. The fraction of sp³-hybridized carbons (Fsp3) is 0.412. The van der Waals surface area contributed by atoms with Crippen LogP contribution < -0.4 is 4.74 Å². The average molecular weight is 268 g/mol. The van der Waals surface area contributed by atoms with Crippen molar-refractivity contribution in [3.8, 4) is 18.1 Å². The molecule has 3 rings (SSSR count). The summed E-state index contributed by atoms with van der Waals surface area (Å²) < 4.78 is 5.34. The molecule has 0 amide bonds. The van der Waals surface area contributed by atoms with Crippen molar-refractivity contribution in [2.24, 2.45) is 0 Å². The molecule has 20 heavy (non-hydrogen) atoms. The topological polar surface area (TPSA) is 28.3 Å². The molecule has 1 aromatic heterocycles. The number of aromatic amines is 1. The minimum absolute atomic E-state index is 0.394. The second-order valence-corrected chi connectivity index (χ2v) is 5.34. The molecular formula is C17H20N2O. The van der Waals surface area contributed by atoms with E-state index >= 15 is 0 Å². The van der Waals surface area contributed by atoms with E-state index in [1.54, 1.807) is 7.11 Å². The highest BCUT2D eigenvalue weighted by Crippen LogP contribution is 2.35. The Balaban J connectivity index is 1.99. The number of ether oxygens (including phenoxy) is 1. The first-order chi connectivity index (χ1) is 9.74. The molecule has 2 aromatic rings. The monoisotopic (exact) mass is 268 g/mol. The predicted molar refractivity (Wildman–Crippen MR) is 82.0 cm³/mol. The van der Waals surface area contributed by atoms with Crippen LogP contribution in [0.15, 0.2) is 18.2 Å². The third-order valence-corrected chi connectivity index (χ3v) is 4.30. The standard InChI is InChI=1S/C17H20N2O/c1-4-5-9-19-10-8-14-15-11-13(20-3)6-7-16(15)18-17(14)12(19)2/h1,6-7,11-12,18H,5,8-10H2,2-3H3. The molecule has 0 saturated carbocycles. The minimum Gasteiger partial charge on any atom is -0.497 e. The molecule has 0 aliphatic carbocycles. The third-order valence-electron chi connectivity index (χ3n) is 4.30. The Kier molecular flexibility index (Phi) is 3.42. The van der Waals surface area contributed by atoms with E-state index in [-0.39, 0.29) is 0 Å². The summed E-state index contributed by atoms with van der Waals surface area (Å²) in [5.41, 5.74) is 3.96. The van der Waals surface area contributed by atoms with Crippen LogP contribution in [0, 0.1) is 12.3 Å². The molecule has 2 heterocycles. The summed E-state index contributed by atoms with van der Waals surface area (Å²) in [6.07, 6.45) is 7.26. The molecule has 1 N–H and O–H groups in total. The van der Waals surface area contributed by atoms with E-state index in [4.69, 9.17) is 11.2 Å². The van der Waals surface area contributed by atoms with Gasteiger partial charge in [0.05, 0.1) is 7.11 Å². The smallest absolute Gasteiger partial charge is 0.119 e. The first-order valence-corrected chi connectivity index (χ1v) is 7.10. The van der Waals surface area contributed by atoms with Crippen LogP contribution in [-0.2, 0) is 6.42 Å². The molecule has 3 nitrogen and oxygen atoms in total. The van der Waals surface area contributed by atoms with Crippen molar-refractivity contribution in [2.45, 2.75) is 25.8 Å². The number of fused-ring (bicyclic) bond motifs is 3. The van der Waals surface area contributed by atoms with Gasteiger partial charge >= 0.3 is 0 Å². The van der Waals surface area contributed by atoms with E-state index in [9.17, 15) is 0 Å². The summed E-state index contributed by atoms with van der Waals surface area (Å²) in [6.45, 7) is 4.29. The van der Waals surface area contributed by atoms with Crippen molar-refractivity contribution >= 4 is 10.9 Å². The van der Waals surface area contributed by atoms with Crippen LogP contribution in [0.25, 0.3) is 10.9 Å². The molecular weight excluding hydrogens is 248 g/mol. The van der Waals surface area contributed by atoms with Gasteiger partial charge in [0.25, 0.3) is 0 Å². The normalized spacial score (nSPS) is 18.8. The van der Waals surface area contributed by atoms with Crippen LogP contribution in [0.2, 0.25) is 0 Å². The van der Waals surface area contributed by atoms with Crippen molar-refractivity contribution in [1.82, 2.24) is 9.88 Å². The minimum atomic E-state index is 0.394. The van der Waals surface area contributed by atoms with E-state index in [0.29, 0.717) is 6.04 Å². The summed E-state index contributed by atoms with van der Waals surface area (Å²) in [5, 5.41) is 1.29. The average Bonchev–Trinajstić information content (AvgIpc) is 2.85. The largest absolute Gasteiger partial charge is 0.497 e. The van der Waals surface area contributed by atoms with Gasteiger partial charge in [0.15, 0.2) is 0 Å². The Morgan fingerprint density at radius 3 is 3.10 bits per heavy atom. The highest BCUT2D eigenvalue weighted by atomic mass is 16.5. The summed E-state index contributed by atoms with van der Waals surface area (Å²) in [4.78, 5) is 6.03. The number of H-pyrrole nitrogens is 1. The maximum Gasteiger partial charge on any atom is 0.119 e. The highest BCUT2D eigenvalue weighted by Gasteiger charge is 2.26. The fourth-order valence-electron chi connectivity index (χ4n) is 3.15. The summed E-state index contributed by atoms with van der Waals surface area (Å²) in [5.74, 6) is 3.65. The number of hydrogen-bond donors (Lipinski definition) is 1. The zero-order chi connectivity index (χ0) is 14.1. The first-order valence-electron chi connectivity index (χ1n) is 7.10. The third kappa shape index (κ3) is 2.07. The van der Waals surface area contributed by atoms with Gasteiger partial charge in [0.2, 0.25) is 0 Å². The Morgan fingerprint density at radius 2 is 2.35 bits per heavy atom. The Hall–Kier alpha value is -1.92. The maximum absolute atomic E-state index is 5.38. The van der Waals surface area contributed by atoms with E-state index in [2.05, 4.69) is 34.9 Å². The van der Waals surface area contributed by atoms with E-state index in [0.717, 1.165) is 31.7 Å². The number of hydrogen-bond acceptors (Lipinski definition) is 2. The second-order valence-electron chi connectivity index (χ2n) is 5.34. The molecule has 0 spiro atoms. The lowest BCUT2D eigenvalue weighted by Gasteiger charge is -2.33. The zero-order valence-corrected chi connectivity index (χ0v) is 12.1. The maximum atomic E-state index is 5.38. The van der Waals surface area contributed by atoms with E-state index in [1.807, 2.05) is 6.07 Å². The van der Waals surface area contributed by atoms with Gasteiger partial charge in [-0.1, -0.05) is 0 Å². The van der Waals surface area contributed by atoms with Crippen LogP contribution in [0.3, 0.4) is 0 Å². The summed E-state index contributed by atoms with van der Waals surface area (Å²) >= 11 is 0. The molecule has 1 aliphatic heterocycles. The Labute approximate surface area is 119 Å². The molecule has 0 radical (unpaired) electrons. The molecule has 0 bridgehead atoms. The second kappa shape index (κ2) is 5.22. The lowest BCUT2D eigenvalue weighted by atomic mass is 9.98. The molecule has 1 aliphatic rings.